The highest BCUT2D eigenvalue weighted by atomic mass is 32.1. The maximum Gasteiger partial charge on any atom is 0.161 e. The third kappa shape index (κ3) is 4.25. The third-order valence-corrected chi connectivity index (χ3v) is 11.2. The SMILES string of the molecule is c1ccc(-c2nc(-c3ccc(-n4c5ccccc5c5cc6c(cc54)c4ccccc4n6-c4ccccc4)cc3)c3c(n2)sc2ccccc23)cc1. The van der Waals surface area contributed by atoms with Crippen molar-refractivity contribution in [1.82, 2.24) is 19.1 Å². The Hall–Kier alpha value is -6.56. The molecule has 5 heteroatoms. The van der Waals surface area contributed by atoms with E-state index in [1.54, 1.807) is 11.3 Å². The van der Waals surface area contributed by atoms with Crippen molar-refractivity contribution in [3.8, 4) is 34.0 Å². The molecule has 0 saturated heterocycles. The van der Waals surface area contributed by atoms with Gasteiger partial charge in [0, 0.05) is 59.5 Å². The number of benzene rings is 7. The van der Waals surface area contributed by atoms with Crippen molar-refractivity contribution in [1.29, 1.82) is 0 Å². The maximum absolute atomic E-state index is 5.23. The van der Waals surface area contributed by atoms with E-state index in [2.05, 4.69) is 161 Å². The summed E-state index contributed by atoms with van der Waals surface area (Å²) in [5.74, 6) is 0.745. The molecule has 0 saturated carbocycles. The maximum atomic E-state index is 5.23. The normalized spacial score (nSPS) is 11.9. The van der Waals surface area contributed by atoms with Gasteiger partial charge in [0.05, 0.1) is 27.8 Å². The first-order valence-electron chi connectivity index (χ1n) is 17.2. The molecule has 11 rings (SSSR count). The highest BCUT2D eigenvalue weighted by Gasteiger charge is 2.20. The first kappa shape index (κ1) is 28.3. The minimum atomic E-state index is 0.745. The van der Waals surface area contributed by atoms with Gasteiger partial charge in [0.15, 0.2) is 5.82 Å². The molecular formula is C46H28N4S. The van der Waals surface area contributed by atoms with Gasteiger partial charge in [-0.2, -0.15) is 0 Å². The van der Waals surface area contributed by atoms with Gasteiger partial charge in [0.1, 0.15) is 4.83 Å². The van der Waals surface area contributed by atoms with Crippen molar-refractivity contribution < 1.29 is 0 Å². The lowest BCUT2D eigenvalue weighted by Gasteiger charge is -2.11. The van der Waals surface area contributed by atoms with E-state index < -0.39 is 0 Å². The lowest BCUT2D eigenvalue weighted by molar-refractivity contribution is 1.17. The van der Waals surface area contributed by atoms with Crippen LogP contribution in [0, 0.1) is 0 Å². The molecule has 0 fully saturated rings. The van der Waals surface area contributed by atoms with E-state index in [9.17, 15) is 0 Å². The largest absolute Gasteiger partial charge is 0.309 e. The zero-order valence-electron chi connectivity index (χ0n) is 27.4. The Labute approximate surface area is 297 Å². The van der Waals surface area contributed by atoms with Crippen LogP contribution in [0.4, 0.5) is 0 Å². The Morgan fingerprint density at radius 3 is 1.57 bits per heavy atom. The number of para-hydroxylation sites is 3. The fourth-order valence-electron chi connectivity index (χ4n) is 7.88. The van der Waals surface area contributed by atoms with Crippen molar-refractivity contribution in [2.24, 2.45) is 0 Å². The second kappa shape index (κ2) is 11.0. The summed E-state index contributed by atoms with van der Waals surface area (Å²) in [5, 5.41) is 7.25. The summed E-state index contributed by atoms with van der Waals surface area (Å²) in [7, 11) is 0. The second-order valence-corrected chi connectivity index (χ2v) is 14.0. The highest BCUT2D eigenvalue weighted by Crippen LogP contribution is 2.42. The molecule has 0 aliphatic carbocycles. The van der Waals surface area contributed by atoms with Crippen LogP contribution in [-0.2, 0) is 0 Å². The van der Waals surface area contributed by atoms with Gasteiger partial charge in [0.2, 0.25) is 0 Å². The smallest absolute Gasteiger partial charge is 0.161 e. The van der Waals surface area contributed by atoms with Crippen LogP contribution in [-0.4, -0.2) is 19.1 Å². The Balaban J connectivity index is 1.14. The Morgan fingerprint density at radius 2 is 0.922 bits per heavy atom. The molecule has 4 aromatic heterocycles. The van der Waals surface area contributed by atoms with E-state index in [-0.39, 0.29) is 0 Å². The molecule has 7 aromatic carbocycles. The van der Waals surface area contributed by atoms with E-state index in [0.717, 1.165) is 44.2 Å². The standard InChI is InChI=1S/C46H28N4S/c1-3-13-30(14-4-1)45-47-44(43-35-19-9-12-22-42(35)51-46(43)48-45)29-23-25-32(26-24-29)50-39-21-11-8-18-34(39)37-27-40-36(28-41(37)50)33-17-7-10-20-38(33)49(40)31-15-5-2-6-16-31/h1-28H. The van der Waals surface area contributed by atoms with Gasteiger partial charge in [-0.25, -0.2) is 9.97 Å². The van der Waals surface area contributed by atoms with E-state index in [0.29, 0.717) is 0 Å². The van der Waals surface area contributed by atoms with Crippen LogP contribution >= 0.6 is 11.3 Å². The van der Waals surface area contributed by atoms with Crippen molar-refractivity contribution in [2.75, 3.05) is 0 Å². The van der Waals surface area contributed by atoms with Crippen LogP contribution in [0.15, 0.2) is 170 Å². The van der Waals surface area contributed by atoms with Crippen LogP contribution < -0.4 is 0 Å². The van der Waals surface area contributed by atoms with Gasteiger partial charge in [-0.15, -0.1) is 11.3 Å². The van der Waals surface area contributed by atoms with Gasteiger partial charge in [-0.05, 0) is 54.6 Å². The summed E-state index contributed by atoms with van der Waals surface area (Å²) in [4.78, 5) is 11.3. The Morgan fingerprint density at radius 1 is 0.392 bits per heavy atom. The number of aromatic nitrogens is 4. The highest BCUT2D eigenvalue weighted by molar-refractivity contribution is 7.25. The van der Waals surface area contributed by atoms with E-state index >= 15 is 0 Å². The molecule has 0 N–H and O–H groups in total. The summed E-state index contributed by atoms with van der Waals surface area (Å²) < 4.78 is 6.02. The topological polar surface area (TPSA) is 35.6 Å². The van der Waals surface area contributed by atoms with Crippen molar-refractivity contribution in [3.05, 3.63) is 170 Å². The average Bonchev–Trinajstić information content (AvgIpc) is 3.85. The zero-order chi connectivity index (χ0) is 33.5. The number of nitrogens with zero attached hydrogens (tertiary/aromatic N) is 4. The molecule has 0 amide bonds. The van der Waals surface area contributed by atoms with E-state index in [4.69, 9.17) is 9.97 Å². The van der Waals surface area contributed by atoms with Gasteiger partial charge in [-0.3, -0.25) is 0 Å². The number of hydrogen-bond donors (Lipinski definition) is 0. The lowest BCUT2D eigenvalue weighted by Crippen LogP contribution is -1.96. The first-order valence-corrected chi connectivity index (χ1v) is 18.0. The minimum absolute atomic E-state index is 0.745. The minimum Gasteiger partial charge on any atom is -0.309 e. The predicted octanol–water partition coefficient (Wildman–Crippen LogP) is 12.4. The Kier molecular flexibility index (Phi) is 6.09. The number of rotatable bonds is 4. The lowest BCUT2D eigenvalue weighted by atomic mass is 10.0. The summed E-state index contributed by atoms with van der Waals surface area (Å²) in [5.41, 5.74) is 10.1. The first-order chi connectivity index (χ1) is 25.3. The van der Waals surface area contributed by atoms with Gasteiger partial charge >= 0.3 is 0 Å². The van der Waals surface area contributed by atoms with Crippen molar-refractivity contribution in [3.63, 3.8) is 0 Å². The molecule has 0 unspecified atom stereocenters. The van der Waals surface area contributed by atoms with Gasteiger partial charge in [0.25, 0.3) is 0 Å². The fraction of sp³-hybridized carbons (Fsp3) is 0. The van der Waals surface area contributed by atoms with Crippen LogP contribution in [0.25, 0.3) is 97.9 Å². The van der Waals surface area contributed by atoms with Crippen LogP contribution in [0.2, 0.25) is 0 Å². The molecule has 0 atom stereocenters. The summed E-state index contributed by atoms with van der Waals surface area (Å²) in [6.45, 7) is 0. The molecule has 0 aliphatic rings. The van der Waals surface area contributed by atoms with Gasteiger partial charge < -0.3 is 9.13 Å². The molecule has 51 heavy (non-hydrogen) atoms. The van der Waals surface area contributed by atoms with Crippen LogP contribution in [0.5, 0.6) is 0 Å². The molecule has 238 valence electrons. The third-order valence-electron chi connectivity index (χ3n) is 10.2. The van der Waals surface area contributed by atoms with Gasteiger partial charge in [-0.1, -0.05) is 115 Å². The molecule has 4 nitrogen and oxygen atoms in total. The van der Waals surface area contributed by atoms with Crippen molar-refractivity contribution in [2.45, 2.75) is 0 Å². The molecule has 0 bridgehead atoms. The Bertz CT molecular complexity index is 3120. The number of fused-ring (bicyclic) bond motifs is 9. The molecule has 11 aromatic rings. The number of thiophene rings is 1. The molecule has 0 radical (unpaired) electrons. The molecule has 0 aliphatic heterocycles. The monoisotopic (exact) mass is 668 g/mol. The molecule has 0 spiro atoms. The molecular weight excluding hydrogens is 641 g/mol. The van der Waals surface area contributed by atoms with E-state index in [1.165, 1.54) is 53.7 Å². The number of hydrogen-bond acceptors (Lipinski definition) is 3. The summed E-state index contributed by atoms with van der Waals surface area (Å²) in [6, 6.07) is 60.7. The zero-order valence-corrected chi connectivity index (χ0v) is 28.2. The fourth-order valence-corrected chi connectivity index (χ4v) is 8.96. The average molecular weight is 669 g/mol. The van der Waals surface area contributed by atoms with E-state index in [1.807, 2.05) is 18.2 Å². The summed E-state index contributed by atoms with van der Waals surface area (Å²) in [6.07, 6.45) is 0. The van der Waals surface area contributed by atoms with Crippen molar-refractivity contribution >= 4 is 75.3 Å². The predicted molar refractivity (Wildman–Crippen MR) is 214 cm³/mol. The quantitative estimate of drug-likeness (QED) is 0.187. The second-order valence-electron chi connectivity index (χ2n) is 13.0. The summed E-state index contributed by atoms with van der Waals surface area (Å²) >= 11 is 1.73. The van der Waals surface area contributed by atoms with Crippen LogP contribution in [0.3, 0.4) is 0 Å². The molecule has 4 heterocycles. The van der Waals surface area contributed by atoms with Crippen LogP contribution in [0.1, 0.15) is 0 Å².